The van der Waals surface area contributed by atoms with Gasteiger partial charge in [0.25, 0.3) is 0 Å². The van der Waals surface area contributed by atoms with Crippen LogP contribution >= 0.6 is 24.8 Å². The molecule has 0 aromatic heterocycles. The maximum absolute atomic E-state index is 13.3. The molecule has 2 aliphatic rings. The van der Waals surface area contributed by atoms with E-state index in [1.54, 1.807) is 0 Å². The number of fused-ring (bicyclic) bond motifs is 1. The molecule has 0 amide bonds. The summed E-state index contributed by atoms with van der Waals surface area (Å²) in [5.41, 5.74) is -0.462. The van der Waals surface area contributed by atoms with Crippen LogP contribution < -0.4 is 5.32 Å². The minimum atomic E-state index is -4.89. The molecule has 4 rings (SSSR count). The summed E-state index contributed by atoms with van der Waals surface area (Å²) in [6.45, 7) is 4.71. The number of piperazine rings is 1. The molecule has 11 heteroatoms. The molecule has 1 fully saturated rings. The number of nitrogens with one attached hydrogen (secondary N) is 1. The van der Waals surface area contributed by atoms with Crippen LogP contribution in [0, 0.1) is 0 Å². The van der Waals surface area contributed by atoms with E-state index >= 15 is 0 Å². The largest absolute Gasteiger partial charge is 0.416 e. The molecule has 0 spiro atoms. The molecule has 1 aliphatic carbocycles. The van der Waals surface area contributed by atoms with Crippen LogP contribution in [0.5, 0.6) is 0 Å². The van der Waals surface area contributed by atoms with E-state index in [9.17, 15) is 26.3 Å². The molecule has 1 aliphatic heterocycles. The van der Waals surface area contributed by atoms with Gasteiger partial charge >= 0.3 is 12.4 Å². The van der Waals surface area contributed by atoms with Crippen molar-refractivity contribution in [2.24, 2.45) is 0 Å². The van der Waals surface area contributed by atoms with E-state index in [1.165, 1.54) is 12.5 Å². The molecule has 3 atom stereocenters. The van der Waals surface area contributed by atoms with Crippen molar-refractivity contribution in [2.75, 3.05) is 26.2 Å². The minimum Gasteiger partial charge on any atom is -0.369 e. The molecule has 0 radical (unpaired) electrons. The zero-order chi connectivity index (χ0) is 23.8. The minimum absolute atomic E-state index is 0. The second-order valence-electron chi connectivity index (χ2n) is 8.62. The first-order valence-electron chi connectivity index (χ1n) is 11.0. The summed E-state index contributed by atoms with van der Waals surface area (Å²) < 4.78 is 86.1. The van der Waals surface area contributed by atoms with Crippen molar-refractivity contribution in [2.45, 2.75) is 50.4 Å². The van der Waals surface area contributed by atoms with E-state index < -0.39 is 29.6 Å². The number of hydrogen-bond acceptors (Lipinski definition) is 3. The summed E-state index contributed by atoms with van der Waals surface area (Å²) in [7, 11) is 0. The van der Waals surface area contributed by atoms with Crippen molar-refractivity contribution in [1.29, 1.82) is 0 Å². The van der Waals surface area contributed by atoms with E-state index in [-0.39, 0.29) is 48.6 Å². The third kappa shape index (κ3) is 6.83. The Labute approximate surface area is 213 Å². The Balaban J connectivity index is 0.00000216. The molecule has 35 heavy (non-hydrogen) atoms. The number of rotatable bonds is 4. The molecular weight excluding hydrogens is 517 g/mol. The molecule has 0 bridgehead atoms. The topological polar surface area (TPSA) is 24.5 Å². The summed E-state index contributed by atoms with van der Waals surface area (Å²) in [4.78, 5) is 2.29. The zero-order valence-corrected chi connectivity index (χ0v) is 20.6. The lowest BCUT2D eigenvalue weighted by atomic mass is 9.84. The fourth-order valence-electron chi connectivity index (χ4n) is 4.80. The van der Waals surface area contributed by atoms with Crippen LogP contribution in [0.1, 0.15) is 53.3 Å². The van der Waals surface area contributed by atoms with Gasteiger partial charge < -0.3 is 10.1 Å². The van der Waals surface area contributed by atoms with Gasteiger partial charge in [0, 0.05) is 26.2 Å². The summed E-state index contributed by atoms with van der Waals surface area (Å²) in [5, 5.41) is 3.30. The number of nitrogens with zero attached hydrogens (tertiary/aromatic N) is 1. The fourth-order valence-corrected chi connectivity index (χ4v) is 4.80. The summed E-state index contributed by atoms with van der Waals surface area (Å²) in [5.74, 6) is 0. The Hall–Kier alpha value is -1.52. The highest BCUT2D eigenvalue weighted by Crippen LogP contribution is 2.41. The molecule has 2 aromatic carbocycles. The maximum atomic E-state index is 13.3. The normalized spacial score (nSPS) is 21.9. The molecule has 1 N–H and O–H groups in total. The number of benzene rings is 2. The standard InChI is InChI=1S/C24H26F6N2O.2ClH/c1-15(17-12-18(23(25,26)27)14-19(13-17)24(28,29)30)33-21-7-6-16-4-2-3-5-20(16)22(21)32-10-8-31-9-11-32;;/h2-5,12-15,21-22,31H,6-11H2,1H3;2*1H/t15?,21-,22-;;/m0../s1. The Bertz CT molecular complexity index is 947. The Morgan fingerprint density at radius 3 is 2.06 bits per heavy atom. The predicted molar refractivity (Wildman–Crippen MR) is 126 cm³/mol. The number of halogens is 8. The van der Waals surface area contributed by atoms with Crippen molar-refractivity contribution in [3.63, 3.8) is 0 Å². The van der Waals surface area contributed by atoms with E-state index in [0.717, 1.165) is 50.3 Å². The molecule has 0 saturated carbocycles. The van der Waals surface area contributed by atoms with Gasteiger partial charge in [-0.05, 0) is 54.7 Å². The van der Waals surface area contributed by atoms with E-state index in [4.69, 9.17) is 4.74 Å². The highest BCUT2D eigenvalue weighted by Gasteiger charge is 2.39. The van der Waals surface area contributed by atoms with Crippen LogP contribution in [0.3, 0.4) is 0 Å². The van der Waals surface area contributed by atoms with Crippen LogP contribution in [0.25, 0.3) is 0 Å². The number of alkyl halides is 6. The van der Waals surface area contributed by atoms with E-state index in [0.29, 0.717) is 6.42 Å². The zero-order valence-electron chi connectivity index (χ0n) is 19.0. The van der Waals surface area contributed by atoms with Crippen LogP contribution in [0.15, 0.2) is 42.5 Å². The van der Waals surface area contributed by atoms with Gasteiger partial charge in [-0.3, -0.25) is 4.90 Å². The average Bonchev–Trinajstić information content (AvgIpc) is 2.78. The van der Waals surface area contributed by atoms with Crippen molar-refractivity contribution in [3.8, 4) is 0 Å². The van der Waals surface area contributed by atoms with Gasteiger partial charge in [0.2, 0.25) is 0 Å². The summed E-state index contributed by atoms with van der Waals surface area (Å²) in [6.07, 6.45) is -9.68. The van der Waals surface area contributed by atoms with Crippen LogP contribution in [-0.4, -0.2) is 37.2 Å². The first-order valence-corrected chi connectivity index (χ1v) is 11.0. The maximum Gasteiger partial charge on any atom is 0.416 e. The quantitative estimate of drug-likeness (QED) is 0.438. The van der Waals surface area contributed by atoms with Crippen molar-refractivity contribution >= 4 is 24.8 Å². The molecule has 3 nitrogen and oxygen atoms in total. The highest BCUT2D eigenvalue weighted by atomic mass is 35.5. The molecule has 1 unspecified atom stereocenters. The Morgan fingerprint density at radius 1 is 0.914 bits per heavy atom. The van der Waals surface area contributed by atoms with Gasteiger partial charge in [0.1, 0.15) is 0 Å². The summed E-state index contributed by atoms with van der Waals surface area (Å²) >= 11 is 0. The van der Waals surface area contributed by atoms with Gasteiger partial charge in [-0.25, -0.2) is 0 Å². The smallest absolute Gasteiger partial charge is 0.369 e. The average molecular weight is 545 g/mol. The first-order chi connectivity index (χ1) is 15.5. The first kappa shape index (κ1) is 29.7. The van der Waals surface area contributed by atoms with Gasteiger partial charge in [-0.15, -0.1) is 24.8 Å². The number of hydrogen-bond donors (Lipinski definition) is 1. The monoisotopic (exact) mass is 544 g/mol. The molecule has 196 valence electrons. The number of aryl methyl sites for hydroxylation is 1. The molecule has 1 saturated heterocycles. The third-order valence-corrected chi connectivity index (χ3v) is 6.43. The van der Waals surface area contributed by atoms with Crippen LogP contribution in [0.4, 0.5) is 26.3 Å². The van der Waals surface area contributed by atoms with Gasteiger partial charge in [0.05, 0.1) is 29.4 Å². The van der Waals surface area contributed by atoms with Gasteiger partial charge in [0.15, 0.2) is 0 Å². The predicted octanol–water partition coefficient (Wildman–Crippen LogP) is 6.61. The highest BCUT2D eigenvalue weighted by molar-refractivity contribution is 5.85. The van der Waals surface area contributed by atoms with Gasteiger partial charge in [-0.1, -0.05) is 24.3 Å². The van der Waals surface area contributed by atoms with Crippen molar-refractivity contribution in [3.05, 3.63) is 70.3 Å². The molecular formula is C24H28Cl2F6N2O. The SMILES string of the molecule is CC(O[C@H]1CCc2ccccc2[C@@H]1N1CCNCC1)c1cc(C(F)(F)F)cc(C(F)(F)F)c1.Cl.Cl. The van der Waals surface area contributed by atoms with E-state index in [1.807, 2.05) is 18.2 Å². The molecule has 2 aromatic rings. The van der Waals surface area contributed by atoms with E-state index in [2.05, 4.69) is 16.3 Å². The van der Waals surface area contributed by atoms with Crippen LogP contribution in [0.2, 0.25) is 0 Å². The lowest BCUT2D eigenvalue weighted by molar-refractivity contribution is -0.143. The third-order valence-electron chi connectivity index (χ3n) is 6.43. The van der Waals surface area contributed by atoms with Crippen molar-refractivity contribution < 1.29 is 31.1 Å². The fraction of sp³-hybridized carbons (Fsp3) is 0.500. The second kappa shape index (κ2) is 11.7. The number of ether oxygens (including phenoxy) is 1. The Kier molecular flexibility index (Phi) is 9.92. The molecule has 1 heterocycles. The second-order valence-corrected chi connectivity index (χ2v) is 8.62. The Morgan fingerprint density at radius 2 is 1.49 bits per heavy atom. The van der Waals surface area contributed by atoms with Crippen LogP contribution in [-0.2, 0) is 23.5 Å². The summed E-state index contributed by atoms with van der Waals surface area (Å²) in [6, 6.07) is 9.58. The lowest BCUT2D eigenvalue weighted by Crippen LogP contribution is -2.49. The van der Waals surface area contributed by atoms with Gasteiger partial charge in [-0.2, -0.15) is 26.3 Å². The lowest BCUT2D eigenvalue weighted by Gasteiger charge is -2.43. The van der Waals surface area contributed by atoms with Crippen molar-refractivity contribution in [1.82, 2.24) is 10.2 Å².